The van der Waals surface area contributed by atoms with Crippen molar-refractivity contribution < 1.29 is 18.6 Å². The average Bonchev–Trinajstić information content (AvgIpc) is 3.33. The molecule has 5 rings (SSSR count). The normalized spacial score (nSPS) is 21.0. The highest BCUT2D eigenvalue weighted by Crippen LogP contribution is 2.38. The Hall–Kier alpha value is -2.72. The highest BCUT2D eigenvalue weighted by molar-refractivity contribution is 6.62. The van der Waals surface area contributed by atoms with Gasteiger partial charge in [-0.05, 0) is 103 Å². The van der Waals surface area contributed by atoms with Crippen LogP contribution in [-0.4, -0.2) is 46.6 Å². The molecule has 11 heteroatoms. The first-order chi connectivity index (χ1) is 17.3. The minimum atomic E-state index is -0.392. The lowest BCUT2D eigenvalue weighted by Gasteiger charge is -2.32. The van der Waals surface area contributed by atoms with Gasteiger partial charge in [0.05, 0.1) is 44.8 Å². The largest absolute Gasteiger partial charge is 0.494 e. The quantitative estimate of drug-likeness (QED) is 0.298. The van der Waals surface area contributed by atoms with E-state index in [2.05, 4.69) is 9.97 Å². The van der Waals surface area contributed by atoms with Crippen molar-refractivity contribution in [2.45, 2.75) is 91.6 Å². The zero-order valence-electron chi connectivity index (χ0n) is 24.3. The second kappa shape index (κ2) is 9.19. The molecular formula is C27H41B2N5O4. The maximum Gasteiger partial charge on any atom is 0.494 e. The lowest BCUT2D eigenvalue weighted by atomic mass is 9.78. The molecule has 9 nitrogen and oxygen atoms in total. The molecule has 0 unspecified atom stereocenters. The summed E-state index contributed by atoms with van der Waals surface area (Å²) in [7, 11) is -0.760. The SMILES string of the molecule is Cc1cc(B2OC(C)(C)C(C)(C)O2)cc(N)c1N.Cc1cc(B2OC(C)(C)C(C)(C)O2)cc2[nH]c(N)nc12. The van der Waals surface area contributed by atoms with E-state index in [-0.39, 0.29) is 29.5 Å². The van der Waals surface area contributed by atoms with Gasteiger partial charge < -0.3 is 40.8 Å². The predicted octanol–water partition coefficient (Wildman–Crippen LogP) is 3.21. The summed E-state index contributed by atoms with van der Waals surface area (Å²) in [5, 5.41) is 0. The molecule has 204 valence electrons. The molecule has 0 spiro atoms. The number of nitrogens with one attached hydrogen (secondary N) is 1. The number of imidazole rings is 1. The molecule has 0 aliphatic carbocycles. The molecule has 1 aromatic heterocycles. The van der Waals surface area contributed by atoms with Crippen LogP contribution in [0.4, 0.5) is 17.3 Å². The van der Waals surface area contributed by atoms with E-state index in [0.717, 1.165) is 33.1 Å². The van der Waals surface area contributed by atoms with Crippen LogP contribution in [0, 0.1) is 13.8 Å². The first kappa shape index (κ1) is 28.3. The molecular weight excluding hydrogens is 480 g/mol. The second-order valence-electron chi connectivity index (χ2n) is 12.4. The van der Waals surface area contributed by atoms with Crippen LogP contribution in [0.1, 0.15) is 66.5 Å². The van der Waals surface area contributed by atoms with E-state index in [1.165, 1.54) is 0 Å². The van der Waals surface area contributed by atoms with Crippen LogP contribution in [0.5, 0.6) is 0 Å². The van der Waals surface area contributed by atoms with Crippen molar-refractivity contribution >= 4 is 53.5 Å². The van der Waals surface area contributed by atoms with Gasteiger partial charge in [0.2, 0.25) is 0 Å². The highest BCUT2D eigenvalue weighted by atomic mass is 16.7. The summed E-state index contributed by atoms with van der Waals surface area (Å²) in [6.07, 6.45) is 0. The number of anilines is 3. The summed E-state index contributed by atoms with van der Waals surface area (Å²) in [5.74, 6) is 0.425. The molecule has 2 aliphatic heterocycles. The van der Waals surface area contributed by atoms with Crippen molar-refractivity contribution in [2.75, 3.05) is 17.2 Å². The van der Waals surface area contributed by atoms with Crippen LogP contribution < -0.4 is 28.1 Å². The second-order valence-corrected chi connectivity index (χ2v) is 12.4. The van der Waals surface area contributed by atoms with Gasteiger partial charge in [0.1, 0.15) is 0 Å². The highest BCUT2D eigenvalue weighted by Gasteiger charge is 2.52. The number of aromatic nitrogens is 2. The Labute approximate surface area is 226 Å². The molecule has 3 aromatic rings. The Morgan fingerprint density at radius 1 is 0.658 bits per heavy atom. The molecule has 0 radical (unpaired) electrons. The zero-order valence-corrected chi connectivity index (χ0v) is 24.3. The Balaban J connectivity index is 0.000000178. The molecule has 3 heterocycles. The third-order valence-electron chi connectivity index (χ3n) is 8.31. The lowest BCUT2D eigenvalue weighted by molar-refractivity contribution is 0.00578. The van der Waals surface area contributed by atoms with Crippen LogP contribution >= 0.6 is 0 Å². The molecule has 0 atom stereocenters. The van der Waals surface area contributed by atoms with Gasteiger partial charge in [-0.1, -0.05) is 12.1 Å². The smallest absolute Gasteiger partial charge is 0.399 e. The number of nitrogens with zero attached hydrogens (tertiary/aromatic N) is 1. The fourth-order valence-corrected chi connectivity index (χ4v) is 4.42. The number of aromatic amines is 1. The van der Waals surface area contributed by atoms with E-state index >= 15 is 0 Å². The minimum Gasteiger partial charge on any atom is -0.399 e. The van der Waals surface area contributed by atoms with E-state index in [0.29, 0.717) is 17.3 Å². The fraction of sp³-hybridized carbons (Fsp3) is 0.519. The number of aryl methyl sites for hydroxylation is 2. The number of hydrogen-bond acceptors (Lipinski definition) is 8. The number of nitrogen functional groups attached to an aromatic ring is 3. The summed E-state index contributed by atoms with van der Waals surface area (Å²) >= 11 is 0. The van der Waals surface area contributed by atoms with Gasteiger partial charge in [0.15, 0.2) is 5.95 Å². The molecule has 2 saturated heterocycles. The molecule has 0 saturated carbocycles. The predicted molar refractivity (Wildman–Crippen MR) is 157 cm³/mol. The standard InChI is InChI=1S/C14H20BN3O2.C13H21BN2O2/c1-8-6-9(7-10-11(8)18-12(16)17-10)15-19-13(2,3)14(4,5)20-15;1-8-6-9(7-10(15)11(8)16)14-17-12(2,3)13(4,5)18-14/h6-7H,1-5H3,(H3,16,17,18);6-7H,15-16H2,1-5H3. The van der Waals surface area contributed by atoms with Crippen molar-refractivity contribution in [1.29, 1.82) is 0 Å². The summed E-state index contributed by atoms with van der Waals surface area (Å²) in [5.41, 5.74) is 23.0. The molecule has 38 heavy (non-hydrogen) atoms. The van der Waals surface area contributed by atoms with Crippen molar-refractivity contribution in [3.8, 4) is 0 Å². The van der Waals surface area contributed by atoms with Crippen LogP contribution in [-0.2, 0) is 18.6 Å². The molecule has 2 aromatic carbocycles. The van der Waals surface area contributed by atoms with Gasteiger partial charge in [-0.3, -0.25) is 0 Å². The monoisotopic (exact) mass is 521 g/mol. The lowest BCUT2D eigenvalue weighted by Crippen LogP contribution is -2.41. The Kier molecular flexibility index (Phi) is 6.84. The number of nitrogens with two attached hydrogens (primary N) is 3. The van der Waals surface area contributed by atoms with Crippen molar-refractivity contribution in [3.05, 3.63) is 35.4 Å². The number of fused-ring (bicyclic) bond motifs is 1. The zero-order chi connectivity index (χ0) is 28.4. The maximum absolute atomic E-state index is 6.07. The number of benzene rings is 2. The first-order valence-corrected chi connectivity index (χ1v) is 13.0. The van der Waals surface area contributed by atoms with Gasteiger partial charge >= 0.3 is 14.2 Å². The summed E-state index contributed by atoms with van der Waals surface area (Å²) in [6, 6.07) is 7.83. The summed E-state index contributed by atoms with van der Waals surface area (Å²) in [4.78, 5) is 7.34. The fourth-order valence-electron chi connectivity index (χ4n) is 4.42. The van der Waals surface area contributed by atoms with Gasteiger partial charge in [0.25, 0.3) is 0 Å². The number of rotatable bonds is 2. The van der Waals surface area contributed by atoms with E-state index < -0.39 is 7.12 Å². The van der Waals surface area contributed by atoms with E-state index in [4.69, 9.17) is 35.8 Å². The first-order valence-electron chi connectivity index (χ1n) is 13.0. The summed E-state index contributed by atoms with van der Waals surface area (Å²) < 4.78 is 24.1. The third kappa shape index (κ3) is 5.00. The van der Waals surface area contributed by atoms with Crippen molar-refractivity contribution in [3.63, 3.8) is 0 Å². The molecule has 0 bridgehead atoms. The Morgan fingerprint density at radius 3 is 1.53 bits per heavy atom. The summed E-state index contributed by atoms with van der Waals surface area (Å²) in [6.45, 7) is 20.2. The molecule has 7 N–H and O–H groups in total. The van der Waals surface area contributed by atoms with Crippen LogP contribution in [0.3, 0.4) is 0 Å². The van der Waals surface area contributed by atoms with Gasteiger partial charge in [-0.15, -0.1) is 0 Å². The van der Waals surface area contributed by atoms with Gasteiger partial charge in [-0.25, -0.2) is 4.98 Å². The maximum atomic E-state index is 6.07. The third-order valence-corrected chi connectivity index (χ3v) is 8.31. The Morgan fingerprint density at radius 2 is 1.08 bits per heavy atom. The topological polar surface area (TPSA) is 144 Å². The Bertz CT molecular complexity index is 1310. The van der Waals surface area contributed by atoms with Crippen LogP contribution in [0.15, 0.2) is 24.3 Å². The van der Waals surface area contributed by atoms with Crippen LogP contribution in [0.25, 0.3) is 11.0 Å². The van der Waals surface area contributed by atoms with E-state index in [1.807, 2.05) is 93.5 Å². The van der Waals surface area contributed by atoms with Gasteiger partial charge in [-0.2, -0.15) is 0 Å². The van der Waals surface area contributed by atoms with E-state index in [1.54, 1.807) is 0 Å². The number of H-pyrrole nitrogens is 1. The average molecular weight is 521 g/mol. The molecule has 2 fully saturated rings. The van der Waals surface area contributed by atoms with Gasteiger partial charge in [0, 0.05) is 0 Å². The van der Waals surface area contributed by atoms with Crippen molar-refractivity contribution in [2.24, 2.45) is 0 Å². The molecule has 2 aliphatic rings. The molecule has 0 amide bonds. The van der Waals surface area contributed by atoms with E-state index in [9.17, 15) is 0 Å². The van der Waals surface area contributed by atoms with Crippen molar-refractivity contribution in [1.82, 2.24) is 9.97 Å². The number of hydrogen-bond donors (Lipinski definition) is 4. The van der Waals surface area contributed by atoms with Crippen LogP contribution in [0.2, 0.25) is 0 Å². The minimum absolute atomic E-state index is 0.340.